The molecule has 0 spiro atoms. The largest absolute Gasteiger partial charge is 0.488 e. The molecule has 19 heavy (non-hydrogen) atoms. The SMILES string of the molecule is Cc1ccc2c(c1)CC(CNC(C)CCS(C)=O)O2. The van der Waals surface area contributed by atoms with Crippen LogP contribution >= 0.6 is 0 Å². The average Bonchev–Trinajstić information content (AvgIpc) is 2.75. The van der Waals surface area contributed by atoms with E-state index >= 15 is 0 Å². The number of benzene rings is 1. The minimum absolute atomic E-state index is 0.228. The van der Waals surface area contributed by atoms with Gasteiger partial charge in [0.25, 0.3) is 0 Å². The van der Waals surface area contributed by atoms with Crippen LogP contribution in [0.1, 0.15) is 24.5 Å². The second kappa shape index (κ2) is 6.53. The summed E-state index contributed by atoms with van der Waals surface area (Å²) < 4.78 is 17.0. The maximum Gasteiger partial charge on any atom is 0.123 e. The first-order valence-electron chi connectivity index (χ1n) is 6.84. The molecule has 106 valence electrons. The van der Waals surface area contributed by atoms with E-state index in [1.165, 1.54) is 11.1 Å². The lowest BCUT2D eigenvalue weighted by Gasteiger charge is -2.16. The summed E-state index contributed by atoms with van der Waals surface area (Å²) in [6, 6.07) is 6.75. The Morgan fingerprint density at radius 3 is 3.05 bits per heavy atom. The Balaban J connectivity index is 1.76. The predicted molar refractivity (Wildman–Crippen MR) is 80.3 cm³/mol. The van der Waals surface area contributed by atoms with Crippen molar-refractivity contribution in [2.24, 2.45) is 0 Å². The van der Waals surface area contributed by atoms with Gasteiger partial charge in [-0.2, -0.15) is 0 Å². The van der Waals surface area contributed by atoms with E-state index in [-0.39, 0.29) is 6.10 Å². The van der Waals surface area contributed by atoms with Crippen LogP contribution in [0.25, 0.3) is 0 Å². The Morgan fingerprint density at radius 1 is 1.53 bits per heavy atom. The molecule has 1 heterocycles. The Kier molecular flexibility index (Phi) is 4.99. The van der Waals surface area contributed by atoms with E-state index in [4.69, 9.17) is 4.74 Å². The molecule has 3 unspecified atom stereocenters. The minimum atomic E-state index is -0.698. The number of aryl methyl sites for hydroxylation is 1. The molecule has 0 fully saturated rings. The van der Waals surface area contributed by atoms with Gasteiger partial charge in [-0.3, -0.25) is 4.21 Å². The smallest absolute Gasteiger partial charge is 0.123 e. The van der Waals surface area contributed by atoms with Gasteiger partial charge < -0.3 is 10.1 Å². The quantitative estimate of drug-likeness (QED) is 0.867. The molecule has 1 N–H and O–H groups in total. The number of rotatable bonds is 6. The van der Waals surface area contributed by atoms with Gasteiger partial charge in [0.15, 0.2) is 0 Å². The van der Waals surface area contributed by atoms with Crippen LogP contribution in [-0.4, -0.2) is 34.9 Å². The number of ether oxygens (including phenoxy) is 1. The summed E-state index contributed by atoms with van der Waals surface area (Å²) in [5.41, 5.74) is 2.60. The molecule has 1 aliphatic heterocycles. The van der Waals surface area contributed by atoms with Crippen molar-refractivity contribution in [1.82, 2.24) is 5.32 Å². The first-order chi connectivity index (χ1) is 9.04. The standard InChI is InChI=1S/C15H23NO2S/c1-11-4-5-15-13(8-11)9-14(18-15)10-16-12(2)6-7-19(3)17/h4-5,8,12,14,16H,6-7,9-10H2,1-3H3. The Hall–Kier alpha value is -0.870. The molecule has 0 aromatic heterocycles. The van der Waals surface area contributed by atoms with Gasteiger partial charge in [0.1, 0.15) is 11.9 Å². The molecular formula is C15H23NO2S. The predicted octanol–water partition coefficient (Wildman–Crippen LogP) is 2.05. The first-order valence-corrected chi connectivity index (χ1v) is 8.57. The molecule has 4 heteroatoms. The van der Waals surface area contributed by atoms with Gasteiger partial charge in [0.2, 0.25) is 0 Å². The van der Waals surface area contributed by atoms with Crippen LogP contribution < -0.4 is 10.1 Å². The van der Waals surface area contributed by atoms with Crippen molar-refractivity contribution < 1.29 is 8.95 Å². The summed E-state index contributed by atoms with van der Waals surface area (Å²) in [5, 5.41) is 3.47. The zero-order valence-corrected chi connectivity index (χ0v) is 12.8. The number of hydrogen-bond acceptors (Lipinski definition) is 3. The van der Waals surface area contributed by atoms with Gasteiger partial charge in [-0.25, -0.2) is 0 Å². The van der Waals surface area contributed by atoms with Crippen LogP contribution in [0.5, 0.6) is 5.75 Å². The molecule has 0 bridgehead atoms. The van der Waals surface area contributed by atoms with Gasteiger partial charge in [0.05, 0.1) is 0 Å². The van der Waals surface area contributed by atoms with Crippen LogP contribution in [0.4, 0.5) is 0 Å². The average molecular weight is 281 g/mol. The number of fused-ring (bicyclic) bond motifs is 1. The van der Waals surface area contributed by atoms with Gasteiger partial charge >= 0.3 is 0 Å². The summed E-state index contributed by atoms with van der Waals surface area (Å²) in [6.07, 6.45) is 3.91. The third kappa shape index (κ3) is 4.32. The monoisotopic (exact) mass is 281 g/mol. The molecule has 0 amide bonds. The Bertz CT molecular complexity index is 461. The van der Waals surface area contributed by atoms with E-state index in [9.17, 15) is 4.21 Å². The molecule has 0 saturated carbocycles. The fourth-order valence-corrected chi connectivity index (χ4v) is 3.03. The lowest BCUT2D eigenvalue weighted by atomic mass is 10.1. The van der Waals surface area contributed by atoms with Gasteiger partial charge in [-0.05, 0) is 31.9 Å². The normalized spacial score (nSPS) is 20.7. The highest BCUT2D eigenvalue weighted by atomic mass is 32.2. The lowest BCUT2D eigenvalue weighted by Crippen LogP contribution is -2.36. The molecule has 1 aliphatic rings. The van der Waals surface area contributed by atoms with Crippen LogP contribution in [0.15, 0.2) is 18.2 Å². The zero-order valence-electron chi connectivity index (χ0n) is 11.9. The third-order valence-electron chi connectivity index (χ3n) is 3.49. The maximum atomic E-state index is 11.0. The molecule has 1 aromatic rings. The van der Waals surface area contributed by atoms with Crippen molar-refractivity contribution in [1.29, 1.82) is 0 Å². The maximum absolute atomic E-state index is 11.0. The Morgan fingerprint density at radius 2 is 2.32 bits per heavy atom. The molecule has 3 nitrogen and oxygen atoms in total. The number of hydrogen-bond donors (Lipinski definition) is 1. The molecular weight excluding hydrogens is 258 g/mol. The van der Waals surface area contributed by atoms with E-state index in [2.05, 4.69) is 37.4 Å². The van der Waals surface area contributed by atoms with Crippen molar-refractivity contribution in [3.63, 3.8) is 0 Å². The van der Waals surface area contributed by atoms with Crippen molar-refractivity contribution in [2.75, 3.05) is 18.6 Å². The summed E-state index contributed by atoms with van der Waals surface area (Å²) in [6.45, 7) is 5.10. The topological polar surface area (TPSA) is 38.3 Å². The number of nitrogens with one attached hydrogen (secondary N) is 1. The van der Waals surface area contributed by atoms with Crippen LogP contribution in [-0.2, 0) is 17.2 Å². The van der Waals surface area contributed by atoms with Crippen molar-refractivity contribution in [2.45, 2.75) is 38.8 Å². The fourth-order valence-electron chi connectivity index (χ4n) is 2.34. The molecule has 0 saturated heterocycles. The van der Waals surface area contributed by atoms with Crippen LogP contribution in [0.2, 0.25) is 0 Å². The van der Waals surface area contributed by atoms with Gasteiger partial charge in [-0.15, -0.1) is 0 Å². The van der Waals surface area contributed by atoms with Crippen LogP contribution in [0.3, 0.4) is 0 Å². The Labute approximate surface area is 118 Å². The molecule has 0 radical (unpaired) electrons. The van der Waals surface area contributed by atoms with E-state index in [0.29, 0.717) is 6.04 Å². The summed E-state index contributed by atoms with van der Waals surface area (Å²) in [7, 11) is -0.698. The van der Waals surface area contributed by atoms with E-state index < -0.39 is 10.8 Å². The van der Waals surface area contributed by atoms with Crippen molar-refractivity contribution in [3.05, 3.63) is 29.3 Å². The highest BCUT2D eigenvalue weighted by molar-refractivity contribution is 7.84. The fraction of sp³-hybridized carbons (Fsp3) is 0.600. The molecule has 3 atom stereocenters. The van der Waals surface area contributed by atoms with Gasteiger partial charge in [-0.1, -0.05) is 17.7 Å². The van der Waals surface area contributed by atoms with Gasteiger partial charge in [0, 0.05) is 41.8 Å². The third-order valence-corrected chi connectivity index (χ3v) is 4.30. The molecule has 2 rings (SSSR count). The molecule has 0 aliphatic carbocycles. The van der Waals surface area contributed by atoms with Crippen LogP contribution in [0, 0.1) is 6.92 Å². The highest BCUT2D eigenvalue weighted by Gasteiger charge is 2.22. The zero-order chi connectivity index (χ0) is 13.8. The van der Waals surface area contributed by atoms with E-state index in [1.54, 1.807) is 6.26 Å². The van der Waals surface area contributed by atoms with E-state index in [1.807, 2.05) is 0 Å². The van der Waals surface area contributed by atoms with Crippen molar-refractivity contribution in [3.8, 4) is 5.75 Å². The second-order valence-electron chi connectivity index (χ2n) is 5.43. The summed E-state index contributed by atoms with van der Waals surface area (Å²) >= 11 is 0. The second-order valence-corrected chi connectivity index (χ2v) is 6.99. The van der Waals surface area contributed by atoms with Crippen molar-refractivity contribution >= 4 is 10.8 Å². The summed E-state index contributed by atoms with van der Waals surface area (Å²) in [4.78, 5) is 0. The first kappa shape index (κ1) is 14.5. The lowest BCUT2D eigenvalue weighted by molar-refractivity contribution is 0.222. The highest BCUT2D eigenvalue weighted by Crippen LogP contribution is 2.29. The molecule has 1 aromatic carbocycles. The van der Waals surface area contributed by atoms with E-state index in [0.717, 1.165) is 30.9 Å². The minimum Gasteiger partial charge on any atom is -0.488 e. The summed E-state index contributed by atoms with van der Waals surface area (Å²) in [5.74, 6) is 1.79.